The third kappa shape index (κ3) is 4.32. The van der Waals surface area contributed by atoms with E-state index >= 15 is 0 Å². The maximum atomic E-state index is 12.6. The van der Waals surface area contributed by atoms with Gasteiger partial charge in [0.1, 0.15) is 0 Å². The van der Waals surface area contributed by atoms with Crippen molar-refractivity contribution in [2.24, 2.45) is 5.92 Å². The minimum atomic E-state index is -3.58. The molecule has 1 unspecified atom stereocenters. The zero-order chi connectivity index (χ0) is 15.4. The summed E-state index contributed by atoms with van der Waals surface area (Å²) in [4.78, 5) is 0.218. The lowest BCUT2D eigenvalue weighted by Gasteiger charge is -2.23. The standard InChI is InChI=1S/C15H19N3O3S.ClH/c19-22(20,18-11-12-4-3-8-16-10-12)15-6-2-1-5-13(15)14-7-9-17-21-14;/h1-2,5-7,9,12,16,18H,3-4,8,10-11H2;1H. The third-order valence-electron chi connectivity index (χ3n) is 3.84. The average molecular weight is 358 g/mol. The molecule has 1 aromatic carbocycles. The van der Waals surface area contributed by atoms with E-state index in [0.29, 0.717) is 23.8 Å². The first-order chi connectivity index (χ1) is 10.7. The molecule has 0 spiro atoms. The Morgan fingerprint density at radius 3 is 2.83 bits per heavy atom. The summed E-state index contributed by atoms with van der Waals surface area (Å²) in [7, 11) is -3.58. The van der Waals surface area contributed by atoms with Gasteiger partial charge in [0, 0.05) is 18.2 Å². The number of sulfonamides is 1. The van der Waals surface area contributed by atoms with Crippen molar-refractivity contribution >= 4 is 22.4 Å². The van der Waals surface area contributed by atoms with Crippen LogP contribution in [0.4, 0.5) is 0 Å². The summed E-state index contributed by atoms with van der Waals surface area (Å²) < 4.78 is 33.0. The normalized spacial score (nSPS) is 18.3. The van der Waals surface area contributed by atoms with Crippen LogP contribution in [0.3, 0.4) is 0 Å². The van der Waals surface area contributed by atoms with Gasteiger partial charge in [-0.05, 0) is 44.0 Å². The molecule has 0 amide bonds. The number of halogens is 1. The van der Waals surface area contributed by atoms with Crippen molar-refractivity contribution < 1.29 is 12.9 Å². The van der Waals surface area contributed by atoms with Crippen LogP contribution in [0.2, 0.25) is 0 Å². The van der Waals surface area contributed by atoms with Crippen molar-refractivity contribution in [3.8, 4) is 11.3 Å². The highest BCUT2D eigenvalue weighted by molar-refractivity contribution is 7.89. The van der Waals surface area contributed by atoms with Crippen LogP contribution in [0.15, 0.2) is 45.9 Å². The summed E-state index contributed by atoms with van der Waals surface area (Å²) >= 11 is 0. The molecule has 1 fully saturated rings. The molecule has 0 bridgehead atoms. The van der Waals surface area contributed by atoms with Crippen molar-refractivity contribution in [1.29, 1.82) is 0 Å². The highest BCUT2D eigenvalue weighted by Gasteiger charge is 2.22. The van der Waals surface area contributed by atoms with Gasteiger partial charge in [-0.3, -0.25) is 0 Å². The van der Waals surface area contributed by atoms with Crippen molar-refractivity contribution in [2.75, 3.05) is 19.6 Å². The van der Waals surface area contributed by atoms with Crippen LogP contribution in [0.1, 0.15) is 12.8 Å². The summed E-state index contributed by atoms with van der Waals surface area (Å²) in [5.41, 5.74) is 0.522. The number of hydrogen-bond acceptors (Lipinski definition) is 5. The first-order valence-electron chi connectivity index (χ1n) is 7.37. The van der Waals surface area contributed by atoms with Gasteiger partial charge in [0.25, 0.3) is 0 Å². The molecule has 1 aliphatic rings. The molecule has 0 aliphatic carbocycles. The maximum absolute atomic E-state index is 12.6. The molecule has 126 valence electrons. The third-order valence-corrected chi connectivity index (χ3v) is 5.32. The predicted molar refractivity (Wildman–Crippen MR) is 90.0 cm³/mol. The molecule has 0 saturated carbocycles. The molecule has 6 nitrogen and oxygen atoms in total. The fourth-order valence-corrected chi connectivity index (χ4v) is 3.99. The molecule has 2 aromatic rings. The van der Waals surface area contributed by atoms with E-state index in [2.05, 4.69) is 15.2 Å². The zero-order valence-electron chi connectivity index (χ0n) is 12.6. The number of piperidine rings is 1. The van der Waals surface area contributed by atoms with E-state index in [-0.39, 0.29) is 17.3 Å². The summed E-state index contributed by atoms with van der Waals surface area (Å²) in [6.07, 6.45) is 3.63. The van der Waals surface area contributed by atoms with Crippen LogP contribution in [-0.4, -0.2) is 33.2 Å². The molecule has 2 N–H and O–H groups in total. The largest absolute Gasteiger partial charge is 0.356 e. The lowest BCUT2D eigenvalue weighted by molar-refractivity contribution is 0.376. The first-order valence-corrected chi connectivity index (χ1v) is 8.85. The first kappa shape index (κ1) is 17.9. The Hall–Kier alpha value is -1.41. The maximum Gasteiger partial charge on any atom is 0.241 e. The molecule has 8 heteroatoms. The molecule has 2 heterocycles. The van der Waals surface area contributed by atoms with Crippen LogP contribution in [0, 0.1) is 5.92 Å². The lowest BCUT2D eigenvalue weighted by Crippen LogP contribution is -2.38. The quantitative estimate of drug-likeness (QED) is 0.855. The number of rotatable bonds is 5. The van der Waals surface area contributed by atoms with Crippen molar-refractivity contribution in [2.45, 2.75) is 17.7 Å². The van der Waals surface area contributed by atoms with Crippen molar-refractivity contribution in [3.63, 3.8) is 0 Å². The van der Waals surface area contributed by atoms with Crippen LogP contribution in [-0.2, 0) is 10.0 Å². The molecule has 1 saturated heterocycles. The van der Waals surface area contributed by atoms with Gasteiger partial charge < -0.3 is 9.84 Å². The van der Waals surface area contributed by atoms with Gasteiger partial charge in [-0.1, -0.05) is 17.3 Å². The number of aromatic nitrogens is 1. The topological polar surface area (TPSA) is 84.2 Å². The minimum absolute atomic E-state index is 0. The Bertz CT molecular complexity index is 713. The predicted octanol–water partition coefficient (Wildman–Crippen LogP) is 2.04. The zero-order valence-corrected chi connectivity index (χ0v) is 14.2. The molecule has 23 heavy (non-hydrogen) atoms. The molecule has 1 atom stereocenters. The van der Waals surface area contributed by atoms with Crippen molar-refractivity contribution in [3.05, 3.63) is 36.5 Å². The Morgan fingerprint density at radius 2 is 2.13 bits per heavy atom. The van der Waals surface area contributed by atoms with E-state index in [0.717, 1.165) is 25.9 Å². The average Bonchev–Trinajstić information content (AvgIpc) is 3.08. The lowest BCUT2D eigenvalue weighted by atomic mass is 10.0. The van der Waals surface area contributed by atoms with Crippen LogP contribution < -0.4 is 10.0 Å². The Labute approximate surface area is 142 Å². The fraction of sp³-hybridized carbons (Fsp3) is 0.400. The van der Waals surface area contributed by atoms with Gasteiger partial charge in [0.05, 0.1) is 11.1 Å². The van der Waals surface area contributed by atoms with E-state index in [1.54, 1.807) is 30.3 Å². The monoisotopic (exact) mass is 357 g/mol. The summed E-state index contributed by atoms with van der Waals surface area (Å²) in [6, 6.07) is 8.44. The van der Waals surface area contributed by atoms with Gasteiger partial charge in [0.15, 0.2) is 5.76 Å². The molecule has 1 aromatic heterocycles. The van der Waals surface area contributed by atoms with E-state index in [9.17, 15) is 8.42 Å². The van der Waals surface area contributed by atoms with E-state index in [1.807, 2.05) is 0 Å². The van der Waals surface area contributed by atoms with Gasteiger partial charge in [-0.25, -0.2) is 13.1 Å². The van der Waals surface area contributed by atoms with Crippen LogP contribution >= 0.6 is 12.4 Å². The summed E-state index contributed by atoms with van der Waals surface area (Å²) in [6.45, 7) is 2.31. The molecule has 3 rings (SSSR count). The van der Waals surface area contributed by atoms with Crippen LogP contribution in [0.5, 0.6) is 0 Å². The number of nitrogens with one attached hydrogen (secondary N) is 2. The molecular weight excluding hydrogens is 338 g/mol. The highest BCUT2D eigenvalue weighted by atomic mass is 35.5. The summed E-state index contributed by atoms with van der Waals surface area (Å²) in [5.74, 6) is 0.779. The number of benzene rings is 1. The van der Waals surface area contributed by atoms with Gasteiger partial charge in [-0.2, -0.15) is 0 Å². The number of hydrogen-bond donors (Lipinski definition) is 2. The highest BCUT2D eigenvalue weighted by Crippen LogP contribution is 2.26. The van der Waals surface area contributed by atoms with E-state index < -0.39 is 10.0 Å². The van der Waals surface area contributed by atoms with E-state index in [4.69, 9.17) is 4.52 Å². The van der Waals surface area contributed by atoms with Gasteiger partial charge in [0.2, 0.25) is 10.0 Å². The number of nitrogens with zero attached hydrogens (tertiary/aromatic N) is 1. The second-order valence-electron chi connectivity index (χ2n) is 5.44. The second-order valence-corrected chi connectivity index (χ2v) is 7.17. The van der Waals surface area contributed by atoms with Crippen molar-refractivity contribution in [1.82, 2.24) is 15.2 Å². The smallest absolute Gasteiger partial charge is 0.241 e. The van der Waals surface area contributed by atoms with Gasteiger partial charge in [-0.15, -0.1) is 12.4 Å². The Kier molecular flexibility index (Phi) is 6.17. The Balaban J connectivity index is 0.00000192. The SMILES string of the molecule is Cl.O=S(=O)(NCC1CCCNC1)c1ccccc1-c1ccno1. The fourth-order valence-electron chi connectivity index (χ4n) is 2.66. The minimum Gasteiger partial charge on any atom is -0.356 e. The Morgan fingerprint density at radius 1 is 1.30 bits per heavy atom. The van der Waals surface area contributed by atoms with Crippen LogP contribution in [0.25, 0.3) is 11.3 Å². The molecule has 1 aliphatic heterocycles. The molecular formula is C15H20ClN3O3S. The van der Waals surface area contributed by atoms with Gasteiger partial charge >= 0.3 is 0 Å². The van der Waals surface area contributed by atoms with E-state index in [1.165, 1.54) is 6.20 Å². The second kappa shape index (κ2) is 7.92. The summed E-state index contributed by atoms with van der Waals surface area (Å²) in [5, 5.41) is 6.93. The molecule has 0 radical (unpaired) electrons.